The predicted octanol–water partition coefficient (Wildman–Crippen LogP) is 3.03. The Morgan fingerprint density at radius 3 is 2.59 bits per heavy atom. The Kier molecular flexibility index (Phi) is 7.57. The molecule has 4 rings (SSSR count). The van der Waals surface area contributed by atoms with Crippen molar-refractivity contribution in [3.05, 3.63) is 72.4 Å². The molecule has 0 atom stereocenters. The van der Waals surface area contributed by atoms with Crippen molar-refractivity contribution in [3.63, 3.8) is 0 Å². The van der Waals surface area contributed by atoms with Crippen LogP contribution in [-0.2, 0) is 13.0 Å². The number of anilines is 1. The zero-order chi connectivity index (χ0) is 22.0. The molecule has 0 amide bonds. The van der Waals surface area contributed by atoms with Crippen LogP contribution in [0.1, 0.15) is 24.2 Å². The van der Waals surface area contributed by atoms with Gasteiger partial charge in [-0.15, -0.1) is 0 Å². The summed E-state index contributed by atoms with van der Waals surface area (Å²) >= 11 is 0. The van der Waals surface area contributed by atoms with E-state index in [9.17, 15) is 0 Å². The lowest BCUT2D eigenvalue weighted by Crippen LogP contribution is -2.49. The Morgan fingerprint density at radius 2 is 1.91 bits per heavy atom. The van der Waals surface area contributed by atoms with Gasteiger partial charge in [0.15, 0.2) is 5.96 Å². The summed E-state index contributed by atoms with van der Waals surface area (Å²) in [5.74, 6) is 3.43. The number of ether oxygens (including phenoxy) is 1. The molecule has 1 aliphatic rings. The lowest BCUT2D eigenvalue weighted by molar-refractivity contribution is 0.414. The van der Waals surface area contributed by atoms with Crippen LogP contribution in [0.5, 0.6) is 5.75 Å². The highest BCUT2D eigenvalue weighted by Crippen LogP contribution is 2.16. The molecule has 3 heterocycles. The number of hydrogen-bond donors (Lipinski definition) is 2. The number of piperidine rings is 1. The molecule has 8 heteroatoms. The summed E-state index contributed by atoms with van der Waals surface area (Å²) in [6.45, 7) is 3.18. The quantitative estimate of drug-likeness (QED) is 0.416. The maximum absolute atomic E-state index is 5.44. The van der Waals surface area contributed by atoms with Crippen LogP contribution in [0.25, 0.3) is 0 Å². The van der Waals surface area contributed by atoms with Gasteiger partial charge in [0.2, 0.25) is 5.95 Å². The highest BCUT2D eigenvalue weighted by molar-refractivity contribution is 5.80. The number of furan rings is 1. The van der Waals surface area contributed by atoms with Crippen molar-refractivity contribution in [3.8, 4) is 5.75 Å². The van der Waals surface area contributed by atoms with Gasteiger partial charge in [-0.25, -0.2) is 15.0 Å². The molecule has 32 heavy (non-hydrogen) atoms. The maximum atomic E-state index is 5.44. The van der Waals surface area contributed by atoms with Crippen LogP contribution >= 0.6 is 0 Å². The molecule has 0 bridgehead atoms. The molecule has 8 nitrogen and oxygen atoms in total. The minimum Gasteiger partial charge on any atom is -0.497 e. The van der Waals surface area contributed by atoms with Gasteiger partial charge in [0.25, 0.3) is 0 Å². The molecular weight excluding hydrogens is 404 g/mol. The van der Waals surface area contributed by atoms with E-state index in [-0.39, 0.29) is 0 Å². The normalized spacial score (nSPS) is 14.9. The molecule has 0 saturated carbocycles. The number of benzene rings is 1. The SMILES string of the molecule is COc1ccc(CN=C(NCCc2ccco2)NC2CCN(c3ncccn3)CC2)cc1. The molecule has 1 aliphatic heterocycles. The average molecular weight is 435 g/mol. The standard InChI is InChI=1S/C24H30N6O2/c1-31-21-7-5-19(6-8-21)18-28-23(25-14-9-22-4-2-17-32-22)29-20-10-15-30(16-11-20)24-26-12-3-13-27-24/h2-8,12-13,17,20H,9-11,14-16,18H2,1H3,(H2,25,28,29). The van der Waals surface area contributed by atoms with Crippen molar-refractivity contribution < 1.29 is 9.15 Å². The van der Waals surface area contributed by atoms with Crippen LogP contribution in [0.2, 0.25) is 0 Å². The van der Waals surface area contributed by atoms with Gasteiger partial charge >= 0.3 is 0 Å². The zero-order valence-electron chi connectivity index (χ0n) is 18.4. The minimum absolute atomic E-state index is 0.348. The molecule has 2 aromatic heterocycles. The molecule has 1 aromatic carbocycles. The highest BCUT2D eigenvalue weighted by Gasteiger charge is 2.21. The Morgan fingerprint density at radius 1 is 1.12 bits per heavy atom. The molecule has 1 fully saturated rings. The molecule has 0 spiro atoms. The second-order valence-corrected chi connectivity index (χ2v) is 7.72. The monoisotopic (exact) mass is 434 g/mol. The van der Waals surface area contributed by atoms with Crippen molar-refractivity contribution in [2.45, 2.75) is 31.8 Å². The summed E-state index contributed by atoms with van der Waals surface area (Å²) in [6.07, 6.45) is 8.09. The van der Waals surface area contributed by atoms with E-state index in [1.165, 1.54) is 0 Å². The molecule has 3 aromatic rings. The van der Waals surface area contributed by atoms with Crippen LogP contribution < -0.4 is 20.3 Å². The van der Waals surface area contributed by atoms with E-state index in [0.717, 1.165) is 67.9 Å². The number of rotatable bonds is 8. The first kappa shape index (κ1) is 21.7. The Balaban J connectivity index is 1.34. The lowest BCUT2D eigenvalue weighted by Gasteiger charge is -2.33. The number of hydrogen-bond acceptors (Lipinski definition) is 6. The Labute approximate surface area is 188 Å². The minimum atomic E-state index is 0.348. The van der Waals surface area contributed by atoms with Crippen molar-refractivity contribution in [2.24, 2.45) is 4.99 Å². The van der Waals surface area contributed by atoms with Gasteiger partial charge in [0.1, 0.15) is 11.5 Å². The number of aromatic nitrogens is 2. The van der Waals surface area contributed by atoms with Crippen LogP contribution in [-0.4, -0.2) is 48.7 Å². The lowest BCUT2D eigenvalue weighted by atomic mass is 10.1. The van der Waals surface area contributed by atoms with Gasteiger partial charge in [-0.05, 0) is 48.7 Å². The van der Waals surface area contributed by atoms with Gasteiger partial charge in [0.05, 0.1) is 19.9 Å². The number of nitrogens with zero attached hydrogens (tertiary/aromatic N) is 4. The third kappa shape index (κ3) is 6.23. The molecule has 1 saturated heterocycles. The van der Waals surface area contributed by atoms with E-state index in [2.05, 4.69) is 25.5 Å². The van der Waals surface area contributed by atoms with Crippen molar-refractivity contribution in [2.75, 3.05) is 31.6 Å². The van der Waals surface area contributed by atoms with Crippen molar-refractivity contribution in [1.82, 2.24) is 20.6 Å². The van der Waals surface area contributed by atoms with Gasteiger partial charge in [-0.3, -0.25) is 0 Å². The number of nitrogens with one attached hydrogen (secondary N) is 2. The first-order valence-electron chi connectivity index (χ1n) is 11.0. The number of methoxy groups -OCH3 is 1. The number of guanidine groups is 1. The fourth-order valence-corrected chi connectivity index (χ4v) is 3.68. The summed E-state index contributed by atoms with van der Waals surface area (Å²) in [4.78, 5) is 15.8. The fourth-order valence-electron chi connectivity index (χ4n) is 3.68. The van der Waals surface area contributed by atoms with E-state index in [0.29, 0.717) is 12.6 Å². The molecule has 168 valence electrons. The summed E-state index contributed by atoms with van der Waals surface area (Å²) in [7, 11) is 1.67. The predicted molar refractivity (Wildman–Crippen MR) is 125 cm³/mol. The van der Waals surface area contributed by atoms with Crippen LogP contribution in [0.15, 0.2) is 70.5 Å². The fraction of sp³-hybridized carbons (Fsp3) is 0.375. The van der Waals surface area contributed by atoms with Crippen LogP contribution in [0.4, 0.5) is 5.95 Å². The Bertz CT molecular complexity index is 952. The first-order chi connectivity index (χ1) is 15.8. The molecular formula is C24H30N6O2. The molecule has 0 radical (unpaired) electrons. The highest BCUT2D eigenvalue weighted by atomic mass is 16.5. The topological polar surface area (TPSA) is 87.8 Å². The van der Waals surface area contributed by atoms with Crippen LogP contribution in [0, 0.1) is 0 Å². The van der Waals surface area contributed by atoms with E-state index in [1.54, 1.807) is 25.8 Å². The molecule has 0 aliphatic carbocycles. The van der Waals surface area contributed by atoms with Crippen molar-refractivity contribution in [1.29, 1.82) is 0 Å². The van der Waals surface area contributed by atoms with E-state index < -0.39 is 0 Å². The van der Waals surface area contributed by atoms with Gasteiger partial charge in [0, 0.05) is 44.5 Å². The van der Waals surface area contributed by atoms with Gasteiger partial charge in [-0.1, -0.05) is 12.1 Å². The summed E-state index contributed by atoms with van der Waals surface area (Å²) in [6, 6.07) is 14.1. The summed E-state index contributed by atoms with van der Waals surface area (Å²) in [5.41, 5.74) is 1.13. The first-order valence-corrected chi connectivity index (χ1v) is 11.0. The van der Waals surface area contributed by atoms with E-state index in [4.69, 9.17) is 14.1 Å². The van der Waals surface area contributed by atoms with Gasteiger partial charge in [-0.2, -0.15) is 0 Å². The summed E-state index contributed by atoms with van der Waals surface area (Å²) < 4.78 is 10.7. The second-order valence-electron chi connectivity index (χ2n) is 7.72. The maximum Gasteiger partial charge on any atom is 0.225 e. The van der Waals surface area contributed by atoms with E-state index in [1.807, 2.05) is 42.5 Å². The largest absolute Gasteiger partial charge is 0.497 e. The summed E-state index contributed by atoms with van der Waals surface area (Å²) in [5, 5.41) is 7.07. The smallest absolute Gasteiger partial charge is 0.225 e. The third-order valence-electron chi connectivity index (χ3n) is 5.49. The number of aliphatic imine (C=N–C) groups is 1. The average Bonchev–Trinajstić information content (AvgIpc) is 3.37. The third-order valence-corrected chi connectivity index (χ3v) is 5.49. The van der Waals surface area contributed by atoms with Gasteiger partial charge < -0.3 is 24.7 Å². The second kappa shape index (κ2) is 11.2. The van der Waals surface area contributed by atoms with Crippen molar-refractivity contribution >= 4 is 11.9 Å². The zero-order valence-corrected chi connectivity index (χ0v) is 18.4. The van der Waals surface area contributed by atoms with Crippen LogP contribution in [0.3, 0.4) is 0 Å². The Hall–Kier alpha value is -3.55. The molecule has 0 unspecified atom stereocenters. The molecule has 2 N–H and O–H groups in total. The van der Waals surface area contributed by atoms with E-state index >= 15 is 0 Å².